The van der Waals surface area contributed by atoms with Crippen molar-refractivity contribution in [2.45, 2.75) is 0 Å². The minimum atomic E-state index is -0.921. The average Bonchev–Trinajstić information content (AvgIpc) is 2.29. The molecule has 10 heteroatoms. The molecule has 0 aliphatic rings. The summed E-state index contributed by atoms with van der Waals surface area (Å²) < 4.78 is 0.663. The van der Waals surface area contributed by atoms with Crippen molar-refractivity contribution in [3.63, 3.8) is 0 Å². The second kappa shape index (κ2) is 6.91. The Kier molecular flexibility index (Phi) is 6.59. The van der Waals surface area contributed by atoms with Gasteiger partial charge in [-0.1, -0.05) is 11.6 Å². The van der Waals surface area contributed by atoms with E-state index in [0.29, 0.717) is 4.68 Å². The molecular weight excluding hydrogens is 289 g/mol. The summed E-state index contributed by atoms with van der Waals surface area (Å²) in [6, 6.07) is 1.43. The number of rotatable bonds is 2. The Balaban J connectivity index is 0.00000289. The molecule has 0 aromatic carbocycles. The van der Waals surface area contributed by atoms with Gasteiger partial charge in [-0.15, -0.1) is 4.68 Å². The van der Waals surface area contributed by atoms with Gasteiger partial charge in [0.15, 0.2) is 0 Å². The predicted molar refractivity (Wildman–Crippen MR) is 64.3 cm³/mol. The summed E-state index contributed by atoms with van der Waals surface area (Å²) >= 11 is 5.60. The van der Waals surface area contributed by atoms with Crippen LogP contribution in [-0.4, -0.2) is 72.0 Å². The first-order valence-corrected chi connectivity index (χ1v) is 4.40. The molecule has 18 heavy (non-hydrogen) atoms. The number of nitrogens with zero attached hydrogens (tertiary/aromatic N) is 5. The molecule has 1 radical (unpaired) electrons. The summed E-state index contributed by atoms with van der Waals surface area (Å²) in [7, 11) is 1.17. The number of hydrogen-bond acceptors (Lipinski definition) is 5. The standard InChI is InChI=1S/C8H3ClN5O3.K/c1-13-8(15)6(9)5(4(2-10)3-11)7(12-13)14(16)17;/h1H3;/q-1;. The second-order valence-electron chi connectivity index (χ2n) is 2.80. The summed E-state index contributed by atoms with van der Waals surface area (Å²) in [5.41, 5.74) is -2.01. The van der Waals surface area contributed by atoms with Crippen LogP contribution in [0.2, 0.25) is 5.02 Å². The van der Waals surface area contributed by atoms with Crippen LogP contribution in [0.25, 0.3) is 11.0 Å². The third-order valence-electron chi connectivity index (χ3n) is 1.82. The SMILES string of the molecule is Cn1nc([N+](=O)[O-])c(C(=C=[N-])C#N)c(Cl)c1=O.[K]. The van der Waals surface area contributed by atoms with Crippen molar-refractivity contribution in [3.05, 3.63) is 36.5 Å². The summed E-state index contributed by atoms with van der Waals surface area (Å²) in [6.07, 6.45) is 0. The predicted octanol–water partition coefficient (Wildman–Crippen LogP) is 0.107. The zero-order valence-electron chi connectivity index (χ0n) is 9.34. The largest absolute Gasteiger partial charge is 0.762 e. The van der Waals surface area contributed by atoms with Crippen LogP contribution in [0.5, 0.6) is 0 Å². The Bertz CT molecular complexity index is 656. The molecule has 0 saturated carbocycles. The average molecular weight is 292 g/mol. The normalized spacial score (nSPS) is 8.72. The topological polar surface area (TPSA) is 124 Å². The van der Waals surface area contributed by atoms with Crippen molar-refractivity contribution in [2.75, 3.05) is 0 Å². The Labute approximate surface area is 148 Å². The van der Waals surface area contributed by atoms with Crippen LogP contribution in [-0.2, 0) is 7.05 Å². The van der Waals surface area contributed by atoms with E-state index in [-0.39, 0.29) is 51.4 Å². The Morgan fingerprint density at radius 2 is 2.22 bits per heavy atom. The Hall–Kier alpha value is -0.854. The van der Waals surface area contributed by atoms with E-state index in [9.17, 15) is 14.9 Å². The first-order chi connectivity index (χ1) is 7.93. The first-order valence-electron chi connectivity index (χ1n) is 4.02. The van der Waals surface area contributed by atoms with Crippen LogP contribution in [0.15, 0.2) is 4.79 Å². The Morgan fingerprint density at radius 1 is 1.67 bits per heavy atom. The number of hydrogen-bond donors (Lipinski definition) is 0. The summed E-state index contributed by atoms with van der Waals surface area (Å²) in [4.78, 5) is 21.2. The molecule has 0 amide bonds. The number of aromatic nitrogens is 2. The molecule has 1 aromatic rings. The summed E-state index contributed by atoms with van der Waals surface area (Å²) in [5, 5.41) is 30.8. The molecular formula is C8H3ClKN5O3-. The van der Waals surface area contributed by atoms with E-state index in [1.165, 1.54) is 19.0 Å². The Morgan fingerprint density at radius 3 is 2.61 bits per heavy atom. The van der Waals surface area contributed by atoms with Crippen LogP contribution in [0.1, 0.15) is 5.56 Å². The van der Waals surface area contributed by atoms with E-state index in [1.54, 1.807) is 0 Å². The molecule has 0 fully saturated rings. The van der Waals surface area contributed by atoms with Crippen LogP contribution in [0.4, 0.5) is 5.82 Å². The molecule has 87 valence electrons. The van der Waals surface area contributed by atoms with E-state index < -0.39 is 32.5 Å². The van der Waals surface area contributed by atoms with Crippen LogP contribution in [0.3, 0.4) is 0 Å². The fraction of sp³-hybridized carbons (Fsp3) is 0.125. The third kappa shape index (κ3) is 3.12. The maximum Gasteiger partial charge on any atom is 0.399 e. The molecule has 0 atom stereocenters. The second-order valence-corrected chi connectivity index (χ2v) is 3.18. The molecule has 1 aromatic heterocycles. The van der Waals surface area contributed by atoms with E-state index >= 15 is 0 Å². The molecule has 0 aliphatic heterocycles. The molecule has 1 heterocycles. The molecule has 0 saturated heterocycles. The van der Waals surface area contributed by atoms with Crippen LogP contribution in [0, 0.1) is 21.4 Å². The van der Waals surface area contributed by atoms with Gasteiger partial charge in [-0.3, -0.25) is 4.79 Å². The van der Waals surface area contributed by atoms with Crippen molar-refractivity contribution in [3.8, 4) is 6.07 Å². The summed E-state index contributed by atoms with van der Waals surface area (Å²) in [6.45, 7) is 0. The molecule has 1 rings (SSSR count). The molecule has 0 bridgehead atoms. The van der Waals surface area contributed by atoms with E-state index in [4.69, 9.17) is 22.3 Å². The van der Waals surface area contributed by atoms with Gasteiger partial charge in [-0.05, 0) is 4.92 Å². The fourth-order valence-electron chi connectivity index (χ4n) is 1.07. The molecule has 0 spiro atoms. The smallest absolute Gasteiger partial charge is 0.399 e. The van der Waals surface area contributed by atoms with Gasteiger partial charge < -0.3 is 15.5 Å². The molecule has 0 unspecified atom stereocenters. The van der Waals surface area contributed by atoms with Crippen LogP contribution < -0.4 is 5.56 Å². The zero-order chi connectivity index (χ0) is 13.2. The van der Waals surface area contributed by atoms with Crippen molar-refractivity contribution < 1.29 is 4.92 Å². The maximum atomic E-state index is 11.4. The van der Waals surface area contributed by atoms with Gasteiger partial charge in [0, 0.05) is 51.4 Å². The van der Waals surface area contributed by atoms with Gasteiger partial charge in [-0.25, -0.2) is 5.87 Å². The monoisotopic (exact) mass is 291 g/mol. The number of allylic oxidation sites excluding steroid dienone is 1. The van der Waals surface area contributed by atoms with Gasteiger partial charge >= 0.3 is 11.4 Å². The molecule has 0 aliphatic carbocycles. The minimum Gasteiger partial charge on any atom is -0.762 e. The van der Waals surface area contributed by atoms with Gasteiger partial charge in [0.05, 0.1) is 17.7 Å². The van der Waals surface area contributed by atoms with Crippen molar-refractivity contribution in [2.24, 2.45) is 7.05 Å². The van der Waals surface area contributed by atoms with Crippen molar-refractivity contribution in [1.82, 2.24) is 9.78 Å². The first kappa shape index (κ1) is 17.1. The maximum absolute atomic E-state index is 11.4. The van der Waals surface area contributed by atoms with Gasteiger partial charge in [0.1, 0.15) is 16.7 Å². The number of nitriles is 1. The minimum absolute atomic E-state index is 0. The van der Waals surface area contributed by atoms with Gasteiger partial charge in [-0.2, -0.15) is 5.26 Å². The molecule has 8 nitrogen and oxygen atoms in total. The number of aryl methyl sites for hydroxylation is 1. The van der Waals surface area contributed by atoms with Crippen molar-refractivity contribution >= 4 is 80.2 Å². The van der Waals surface area contributed by atoms with Gasteiger partial charge in [0.2, 0.25) is 0 Å². The van der Waals surface area contributed by atoms with E-state index in [2.05, 4.69) is 5.10 Å². The van der Waals surface area contributed by atoms with Gasteiger partial charge in [0.25, 0.3) is 0 Å². The van der Waals surface area contributed by atoms with Crippen molar-refractivity contribution in [1.29, 1.82) is 5.26 Å². The van der Waals surface area contributed by atoms with E-state index in [0.717, 1.165) is 0 Å². The number of halogens is 1. The van der Waals surface area contributed by atoms with Crippen LogP contribution >= 0.6 is 11.6 Å². The quantitative estimate of drug-likeness (QED) is 0.251. The zero-order valence-corrected chi connectivity index (χ0v) is 13.2. The third-order valence-corrected chi connectivity index (χ3v) is 2.17. The fourth-order valence-corrected chi connectivity index (χ4v) is 1.37. The molecule has 0 N–H and O–H groups in total. The van der Waals surface area contributed by atoms with E-state index in [1.807, 2.05) is 0 Å². The summed E-state index contributed by atoms with van der Waals surface area (Å²) in [5.74, 6) is 0.619. The number of nitro groups is 1.